The third-order valence-electron chi connectivity index (χ3n) is 3.09. The number of amides is 2. The van der Waals surface area contributed by atoms with E-state index in [0.717, 1.165) is 3.57 Å². The van der Waals surface area contributed by atoms with E-state index in [0.29, 0.717) is 35.7 Å². The fourth-order valence-electron chi connectivity index (χ4n) is 1.99. The van der Waals surface area contributed by atoms with Gasteiger partial charge in [-0.2, -0.15) is 0 Å². The lowest BCUT2D eigenvalue weighted by Crippen LogP contribution is -2.47. The van der Waals surface area contributed by atoms with E-state index in [1.165, 1.54) is 7.11 Å². The van der Waals surface area contributed by atoms with E-state index < -0.39 is 0 Å². The number of ether oxygens (including phenoxy) is 1. The molecule has 1 aliphatic rings. The Kier molecular flexibility index (Phi) is 5.09. The van der Waals surface area contributed by atoms with Crippen LogP contribution >= 0.6 is 34.2 Å². The number of rotatable bonds is 3. The molecule has 2 N–H and O–H groups in total. The Balaban J connectivity index is 2.12. The predicted molar refractivity (Wildman–Crippen MR) is 84.2 cm³/mol. The molecule has 7 heteroatoms. The zero-order chi connectivity index (χ0) is 14.7. The van der Waals surface area contributed by atoms with Gasteiger partial charge >= 0.3 is 0 Å². The molecule has 1 heterocycles. The van der Waals surface area contributed by atoms with Gasteiger partial charge in [-0.05, 0) is 41.1 Å². The summed E-state index contributed by atoms with van der Waals surface area (Å²) in [5.41, 5.74) is 0.398. The Morgan fingerprint density at radius 1 is 1.55 bits per heavy atom. The van der Waals surface area contributed by atoms with Crippen LogP contribution in [0.3, 0.4) is 0 Å². The average Bonchev–Trinajstić information content (AvgIpc) is 2.43. The molecule has 108 valence electrons. The van der Waals surface area contributed by atoms with E-state index >= 15 is 0 Å². The number of carbonyl (C=O) groups is 2. The maximum atomic E-state index is 12.3. The monoisotopic (exact) mass is 408 g/mol. The van der Waals surface area contributed by atoms with Gasteiger partial charge in [0.15, 0.2) is 0 Å². The molecule has 0 aromatic heterocycles. The van der Waals surface area contributed by atoms with Gasteiger partial charge in [0.2, 0.25) is 5.91 Å². The number of methoxy groups -OCH3 is 1. The lowest BCUT2D eigenvalue weighted by atomic mass is 10.1. The predicted octanol–water partition coefficient (Wildman–Crippen LogP) is 1.96. The Morgan fingerprint density at radius 3 is 2.90 bits per heavy atom. The van der Waals surface area contributed by atoms with Crippen LogP contribution in [0, 0.1) is 3.57 Å². The van der Waals surface area contributed by atoms with Gasteiger partial charge in [-0.3, -0.25) is 9.59 Å². The maximum Gasteiger partial charge on any atom is 0.255 e. The molecule has 0 saturated carbocycles. The minimum Gasteiger partial charge on any atom is -0.496 e. The fourth-order valence-corrected chi connectivity index (χ4v) is 2.60. The third-order valence-corrected chi connectivity index (χ3v) is 4.61. The van der Waals surface area contributed by atoms with Crippen LogP contribution in [0.1, 0.15) is 23.2 Å². The highest BCUT2D eigenvalue weighted by Crippen LogP contribution is 2.28. The van der Waals surface area contributed by atoms with Crippen LogP contribution in [0.2, 0.25) is 5.02 Å². The van der Waals surface area contributed by atoms with Crippen molar-refractivity contribution >= 4 is 46.0 Å². The highest BCUT2D eigenvalue weighted by Gasteiger charge is 2.22. The van der Waals surface area contributed by atoms with Crippen molar-refractivity contribution in [3.05, 3.63) is 26.3 Å². The number of nitrogens with one attached hydrogen (secondary N) is 2. The van der Waals surface area contributed by atoms with Crippen LogP contribution in [-0.2, 0) is 4.79 Å². The number of carbonyl (C=O) groups excluding carboxylic acids is 2. The minimum atomic E-state index is -0.249. The topological polar surface area (TPSA) is 67.4 Å². The van der Waals surface area contributed by atoms with Gasteiger partial charge in [-0.25, -0.2) is 0 Å². The van der Waals surface area contributed by atoms with Crippen LogP contribution in [0.4, 0.5) is 0 Å². The van der Waals surface area contributed by atoms with Gasteiger partial charge in [-0.15, -0.1) is 0 Å². The molecule has 1 aromatic rings. The SMILES string of the molecule is COc1cc(I)c(Cl)cc1C(=O)NC1CCC(=O)NC1. The Morgan fingerprint density at radius 2 is 2.30 bits per heavy atom. The summed E-state index contributed by atoms with van der Waals surface area (Å²) in [5.74, 6) is 0.253. The van der Waals surface area contributed by atoms with Crippen molar-refractivity contribution < 1.29 is 14.3 Å². The molecule has 2 rings (SSSR count). The van der Waals surface area contributed by atoms with Crippen LogP contribution in [0.5, 0.6) is 5.75 Å². The molecule has 2 amide bonds. The molecule has 0 bridgehead atoms. The van der Waals surface area contributed by atoms with Crippen LogP contribution in [-0.4, -0.2) is 31.5 Å². The number of benzene rings is 1. The van der Waals surface area contributed by atoms with Crippen molar-refractivity contribution in [3.8, 4) is 5.75 Å². The molecule has 1 unspecified atom stereocenters. The molecule has 0 spiro atoms. The second-order valence-corrected chi connectivity index (χ2v) is 6.05. The average molecular weight is 409 g/mol. The molecule has 1 saturated heterocycles. The first-order valence-corrected chi connectivity index (χ1v) is 7.57. The van der Waals surface area contributed by atoms with E-state index in [2.05, 4.69) is 33.2 Å². The molecule has 0 aliphatic carbocycles. The van der Waals surface area contributed by atoms with E-state index in [1.807, 2.05) is 0 Å². The summed E-state index contributed by atoms with van der Waals surface area (Å²) < 4.78 is 6.04. The highest BCUT2D eigenvalue weighted by molar-refractivity contribution is 14.1. The van der Waals surface area contributed by atoms with E-state index in [-0.39, 0.29) is 17.9 Å². The Bertz CT molecular complexity index is 541. The third kappa shape index (κ3) is 3.54. The van der Waals surface area contributed by atoms with Crippen molar-refractivity contribution in [2.24, 2.45) is 0 Å². The van der Waals surface area contributed by atoms with Crippen molar-refractivity contribution in [1.29, 1.82) is 0 Å². The molecule has 20 heavy (non-hydrogen) atoms. The molecule has 1 aliphatic heterocycles. The fraction of sp³-hybridized carbons (Fsp3) is 0.385. The standard InChI is InChI=1S/C13H14ClIN2O3/c1-20-11-5-10(15)9(14)4-8(11)13(19)17-7-2-3-12(18)16-6-7/h4-5,7H,2-3,6H2,1H3,(H,16,18)(H,17,19). The molecule has 0 radical (unpaired) electrons. The summed E-state index contributed by atoms with van der Waals surface area (Å²) in [6, 6.07) is 3.25. The Hall–Kier alpha value is -1.02. The summed E-state index contributed by atoms with van der Waals surface area (Å²) in [7, 11) is 1.51. The van der Waals surface area contributed by atoms with Crippen molar-refractivity contribution in [2.75, 3.05) is 13.7 Å². The number of piperidine rings is 1. The summed E-state index contributed by atoms with van der Waals surface area (Å²) in [4.78, 5) is 23.4. The normalized spacial score (nSPS) is 18.4. The number of hydrogen-bond donors (Lipinski definition) is 2. The zero-order valence-electron chi connectivity index (χ0n) is 10.8. The van der Waals surface area contributed by atoms with Gasteiger partial charge in [0.05, 0.1) is 17.7 Å². The molecule has 1 fully saturated rings. The van der Waals surface area contributed by atoms with Gasteiger partial charge in [-0.1, -0.05) is 11.6 Å². The quantitative estimate of drug-likeness (QED) is 0.752. The molecule has 1 atom stereocenters. The van der Waals surface area contributed by atoms with Crippen LogP contribution in [0.25, 0.3) is 0 Å². The van der Waals surface area contributed by atoms with Crippen molar-refractivity contribution in [3.63, 3.8) is 0 Å². The second-order valence-electron chi connectivity index (χ2n) is 4.48. The van der Waals surface area contributed by atoms with Gasteiger partial charge in [0, 0.05) is 22.6 Å². The highest BCUT2D eigenvalue weighted by atomic mass is 127. The first-order valence-electron chi connectivity index (χ1n) is 6.12. The number of halogens is 2. The van der Waals surface area contributed by atoms with Crippen molar-refractivity contribution in [2.45, 2.75) is 18.9 Å². The van der Waals surface area contributed by atoms with Crippen LogP contribution in [0.15, 0.2) is 12.1 Å². The van der Waals surface area contributed by atoms with Gasteiger partial charge in [0.1, 0.15) is 5.75 Å². The Labute approximate surface area is 135 Å². The smallest absolute Gasteiger partial charge is 0.255 e. The summed E-state index contributed by atoms with van der Waals surface area (Å²) >= 11 is 8.13. The van der Waals surface area contributed by atoms with E-state index in [9.17, 15) is 9.59 Å². The second kappa shape index (κ2) is 6.62. The van der Waals surface area contributed by atoms with Crippen molar-refractivity contribution in [1.82, 2.24) is 10.6 Å². The van der Waals surface area contributed by atoms with E-state index in [4.69, 9.17) is 16.3 Å². The maximum absolute atomic E-state index is 12.3. The van der Waals surface area contributed by atoms with Gasteiger partial charge in [0.25, 0.3) is 5.91 Å². The van der Waals surface area contributed by atoms with Gasteiger partial charge < -0.3 is 15.4 Å². The molecule has 5 nitrogen and oxygen atoms in total. The lowest BCUT2D eigenvalue weighted by molar-refractivity contribution is -0.122. The summed E-state index contributed by atoms with van der Waals surface area (Å²) in [6.07, 6.45) is 1.06. The largest absolute Gasteiger partial charge is 0.496 e. The van der Waals surface area contributed by atoms with Crippen LogP contribution < -0.4 is 15.4 Å². The van der Waals surface area contributed by atoms with E-state index in [1.54, 1.807) is 12.1 Å². The number of hydrogen-bond acceptors (Lipinski definition) is 3. The molecule has 1 aromatic carbocycles. The summed E-state index contributed by atoms with van der Waals surface area (Å²) in [5, 5.41) is 6.12. The first-order chi connectivity index (χ1) is 9.51. The first kappa shape index (κ1) is 15.4. The molecular weight excluding hydrogens is 395 g/mol. The zero-order valence-corrected chi connectivity index (χ0v) is 13.7. The summed E-state index contributed by atoms with van der Waals surface area (Å²) in [6.45, 7) is 0.449. The lowest BCUT2D eigenvalue weighted by Gasteiger charge is -2.23. The minimum absolute atomic E-state index is 0.0189. The molecular formula is C13H14ClIN2O3.